The van der Waals surface area contributed by atoms with Crippen molar-refractivity contribution in [2.45, 2.75) is 26.3 Å². The molecule has 1 aromatic rings. The van der Waals surface area contributed by atoms with Crippen LogP contribution >= 0.6 is 0 Å². The molecule has 0 radical (unpaired) electrons. The highest BCUT2D eigenvalue weighted by molar-refractivity contribution is 5.36. The van der Waals surface area contributed by atoms with E-state index in [1.807, 2.05) is 26.0 Å². The molecule has 12 heavy (non-hydrogen) atoms. The number of hydrogen-bond donors (Lipinski definition) is 2. The van der Waals surface area contributed by atoms with Crippen molar-refractivity contribution in [3.05, 3.63) is 29.3 Å². The first kappa shape index (κ1) is 9.07. The molecular weight excluding hydrogens is 150 g/mol. The van der Waals surface area contributed by atoms with Crippen LogP contribution in [0.15, 0.2) is 18.2 Å². The van der Waals surface area contributed by atoms with Crippen LogP contribution in [0.25, 0.3) is 0 Å². The molecule has 0 saturated heterocycles. The molecule has 0 heterocycles. The Labute approximate surface area is 73.0 Å². The zero-order chi connectivity index (χ0) is 9.14. The van der Waals surface area contributed by atoms with E-state index < -0.39 is 0 Å². The third-order valence-corrected chi connectivity index (χ3v) is 1.78. The molecule has 0 aromatic heterocycles. The molecule has 2 heteroatoms. The monoisotopic (exact) mass is 165 g/mol. The Bertz CT molecular complexity index is 269. The summed E-state index contributed by atoms with van der Waals surface area (Å²) in [5.41, 5.74) is 7.62. The van der Waals surface area contributed by atoms with Crippen LogP contribution in [0.4, 0.5) is 0 Å². The van der Waals surface area contributed by atoms with E-state index in [-0.39, 0.29) is 6.04 Å². The normalized spacial score (nSPS) is 12.9. The van der Waals surface area contributed by atoms with E-state index >= 15 is 0 Å². The van der Waals surface area contributed by atoms with Crippen LogP contribution in [-0.2, 0) is 6.42 Å². The maximum Gasteiger partial charge on any atom is 0.119 e. The van der Waals surface area contributed by atoms with Crippen LogP contribution in [0.3, 0.4) is 0 Å². The quantitative estimate of drug-likeness (QED) is 0.699. The van der Waals surface area contributed by atoms with Crippen LogP contribution in [0.5, 0.6) is 5.75 Å². The first-order valence-corrected chi connectivity index (χ1v) is 4.13. The zero-order valence-electron chi connectivity index (χ0n) is 7.54. The highest BCUT2D eigenvalue weighted by Gasteiger charge is 2.02. The minimum absolute atomic E-state index is 0.0959. The van der Waals surface area contributed by atoms with Crippen molar-refractivity contribution in [1.82, 2.24) is 0 Å². The molecule has 0 bridgehead atoms. The molecule has 3 N–H and O–H groups in total. The number of aromatic hydroxyl groups is 1. The molecule has 1 aromatic carbocycles. The van der Waals surface area contributed by atoms with Crippen molar-refractivity contribution in [2.24, 2.45) is 5.73 Å². The molecule has 1 unspecified atom stereocenters. The van der Waals surface area contributed by atoms with Gasteiger partial charge in [0.25, 0.3) is 0 Å². The fraction of sp³-hybridized carbons (Fsp3) is 0.400. The van der Waals surface area contributed by atoms with Gasteiger partial charge >= 0.3 is 0 Å². The maximum absolute atomic E-state index is 9.48. The third kappa shape index (κ3) is 2.24. The lowest BCUT2D eigenvalue weighted by Crippen LogP contribution is -2.17. The molecule has 1 rings (SSSR count). The first-order valence-electron chi connectivity index (χ1n) is 4.13. The van der Waals surface area contributed by atoms with Crippen molar-refractivity contribution in [2.75, 3.05) is 0 Å². The van der Waals surface area contributed by atoms with Crippen molar-refractivity contribution < 1.29 is 5.11 Å². The summed E-state index contributed by atoms with van der Waals surface area (Å²) in [6.07, 6.45) is 0.728. The van der Waals surface area contributed by atoms with Gasteiger partial charge in [-0.2, -0.15) is 0 Å². The SMILES string of the molecule is Cc1ccc(CC(C)N)c(O)c1. The van der Waals surface area contributed by atoms with E-state index in [1.165, 1.54) is 0 Å². The highest BCUT2D eigenvalue weighted by Crippen LogP contribution is 2.19. The Balaban J connectivity index is 2.86. The number of benzene rings is 1. The van der Waals surface area contributed by atoms with Crippen LogP contribution in [0, 0.1) is 6.92 Å². The van der Waals surface area contributed by atoms with Crippen molar-refractivity contribution in [3.8, 4) is 5.75 Å². The Hall–Kier alpha value is -1.02. The zero-order valence-corrected chi connectivity index (χ0v) is 7.54. The Morgan fingerprint density at radius 2 is 2.17 bits per heavy atom. The molecule has 0 aliphatic rings. The van der Waals surface area contributed by atoms with E-state index in [2.05, 4.69) is 0 Å². The minimum Gasteiger partial charge on any atom is -0.508 e. The summed E-state index contributed by atoms with van der Waals surface area (Å²) in [5.74, 6) is 0.354. The summed E-state index contributed by atoms with van der Waals surface area (Å²) in [7, 11) is 0. The van der Waals surface area contributed by atoms with E-state index in [4.69, 9.17) is 5.73 Å². The number of rotatable bonds is 2. The summed E-state index contributed by atoms with van der Waals surface area (Å²) in [5, 5.41) is 9.48. The number of nitrogens with two attached hydrogens (primary N) is 1. The van der Waals surface area contributed by atoms with Crippen LogP contribution in [0.1, 0.15) is 18.1 Å². The Morgan fingerprint density at radius 3 is 2.67 bits per heavy atom. The van der Waals surface area contributed by atoms with Gasteiger partial charge in [0, 0.05) is 6.04 Å². The Kier molecular flexibility index (Phi) is 2.71. The topological polar surface area (TPSA) is 46.2 Å². The van der Waals surface area contributed by atoms with Gasteiger partial charge in [0.1, 0.15) is 5.75 Å². The smallest absolute Gasteiger partial charge is 0.119 e. The van der Waals surface area contributed by atoms with Crippen LogP contribution in [-0.4, -0.2) is 11.1 Å². The lowest BCUT2D eigenvalue weighted by atomic mass is 10.0. The summed E-state index contributed by atoms with van der Waals surface area (Å²) < 4.78 is 0. The third-order valence-electron chi connectivity index (χ3n) is 1.78. The van der Waals surface area contributed by atoms with Gasteiger partial charge < -0.3 is 10.8 Å². The number of phenols is 1. The number of aryl methyl sites for hydroxylation is 1. The van der Waals surface area contributed by atoms with Gasteiger partial charge in [0.15, 0.2) is 0 Å². The predicted octanol–water partition coefficient (Wildman–Crippen LogP) is 1.59. The molecule has 0 spiro atoms. The second kappa shape index (κ2) is 3.59. The average molecular weight is 165 g/mol. The molecule has 0 amide bonds. The molecule has 2 nitrogen and oxygen atoms in total. The molecule has 0 fully saturated rings. The van der Waals surface area contributed by atoms with Crippen molar-refractivity contribution in [1.29, 1.82) is 0 Å². The molecular formula is C10H15NO. The van der Waals surface area contributed by atoms with E-state index in [1.54, 1.807) is 6.07 Å². The van der Waals surface area contributed by atoms with Gasteiger partial charge in [-0.1, -0.05) is 12.1 Å². The van der Waals surface area contributed by atoms with E-state index in [0.29, 0.717) is 5.75 Å². The summed E-state index contributed by atoms with van der Waals surface area (Å²) in [6.45, 7) is 3.88. The fourth-order valence-corrected chi connectivity index (χ4v) is 1.19. The summed E-state index contributed by atoms with van der Waals surface area (Å²) in [4.78, 5) is 0. The van der Waals surface area contributed by atoms with E-state index in [9.17, 15) is 5.11 Å². The van der Waals surface area contributed by atoms with Gasteiger partial charge in [-0.15, -0.1) is 0 Å². The maximum atomic E-state index is 9.48. The standard InChI is InChI=1S/C10H15NO/c1-7-3-4-9(6-8(2)11)10(12)5-7/h3-5,8,12H,6,11H2,1-2H3. The second-order valence-corrected chi connectivity index (χ2v) is 3.31. The van der Waals surface area contributed by atoms with Crippen LogP contribution < -0.4 is 5.73 Å². The molecule has 0 aliphatic carbocycles. The number of hydrogen-bond acceptors (Lipinski definition) is 2. The Morgan fingerprint density at radius 1 is 1.50 bits per heavy atom. The second-order valence-electron chi connectivity index (χ2n) is 3.31. The van der Waals surface area contributed by atoms with Gasteiger partial charge in [-0.3, -0.25) is 0 Å². The molecule has 66 valence electrons. The van der Waals surface area contributed by atoms with Gasteiger partial charge in [0.05, 0.1) is 0 Å². The van der Waals surface area contributed by atoms with Crippen LogP contribution in [0.2, 0.25) is 0 Å². The summed E-state index contributed by atoms with van der Waals surface area (Å²) in [6, 6.07) is 5.77. The molecule has 0 saturated carbocycles. The first-order chi connectivity index (χ1) is 5.59. The van der Waals surface area contributed by atoms with Crippen molar-refractivity contribution >= 4 is 0 Å². The minimum atomic E-state index is 0.0959. The fourth-order valence-electron chi connectivity index (χ4n) is 1.19. The molecule has 0 aliphatic heterocycles. The van der Waals surface area contributed by atoms with Crippen molar-refractivity contribution in [3.63, 3.8) is 0 Å². The predicted molar refractivity (Wildman–Crippen MR) is 50.2 cm³/mol. The molecule has 1 atom stereocenters. The highest BCUT2D eigenvalue weighted by atomic mass is 16.3. The largest absolute Gasteiger partial charge is 0.508 e. The number of phenolic OH excluding ortho intramolecular Hbond substituents is 1. The lowest BCUT2D eigenvalue weighted by Gasteiger charge is -2.07. The van der Waals surface area contributed by atoms with E-state index in [0.717, 1.165) is 17.5 Å². The van der Waals surface area contributed by atoms with Gasteiger partial charge in [-0.25, -0.2) is 0 Å². The van der Waals surface area contributed by atoms with Gasteiger partial charge in [0.2, 0.25) is 0 Å². The summed E-state index contributed by atoms with van der Waals surface area (Å²) >= 11 is 0. The average Bonchev–Trinajstić information content (AvgIpc) is 1.94. The van der Waals surface area contributed by atoms with Gasteiger partial charge in [-0.05, 0) is 37.5 Å². The lowest BCUT2D eigenvalue weighted by molar-refractivity contribution is 0.465.